The third kappa shape index (κ3) is 3.81. The lowest BCUT2D eigenvalue weighted by atomic mass is 10.1. The van der Waals surface area contributed by atoms with Crippen LogP contribution in [0.4, 0.5) is 13.2 Å². The summed E-state index contributed by atoms with van der Waals surface area (Å²) in [7, 11) is 3.37. The van der Waals surface area contributed by atoms with Crippen LogP contribution in [0, 0.1) is 0 Å². The normalized spacial score (nSPS) is 11.9. The van der Waals surface area contributed by atoms with Crippen LogP contribution in [0.15, 0.2) is 24.3 Å². The fourth-order valence-electron chi connectivity index (χ4n) is 1.88. The van der Waals surface area contributed by atoms with Crippen LogP contribution in [0.2, 0.25) is 0 Å². The van der Waals surface area contributed by atoms with E-state index >= 15 is 0 Å². The molecule has 0 atom stereocenters. The zero-order valence-electron chi connectivity index (χ0n) is 11.6. The number of halogens is 3. The summed E-state index contributed by atoms with van der Waals surface area (Å²) in [5.41, 5.74) is 0.553. The molecule has 0 fully saturated rings. The fraction of sp³-hybridized carbons (Fsp3) is 0.357. The van der Waals surface area contributed by atoms with Gasteiger partial charge in [-0.05, 0) is 19.2 Å². The standard InChI is InChI=1S/C14H15F3N2OS/c1-18-7-12-11(8-20-2)19-13(21-12)9-4-3-5-10(6-9)14(15,16)17/h3-6,18H,7-8H2,1-2H3. The van der Waals surface area contributed by atoms with Crippen molar-refractivity contribution in [3.8, 4) is 10.6 Å². The molecule has 0 radical (unpaired) electrons. The maximum Gasteiger partial charge on any atom is 0.416 e. The lowest BCUT2D eigenvalue weighted by molar-refractivity contribution is -0.137. The van der Waals surface area contributed by atoms with Crippen LogP contribution < -0.4 is 5.32 Å². The number of alkyl halides is 3. The third-order valence-electron chi connectivity index (χ3n) is 2.83. The van der Waals surface area contributed by atoms with Crippen LogP contribution >= 0.6 is 11.3 Å². The van der Waals surface area contributed by atoms with Gasteiger partial charge in [0.25, 0.3) is 0 Å². The monoisotopic (exact) mass is 316 g/mol. The maximum absolute atomic E-state index is 12.8. The summed E-state index contributed by atoms with van der Waals surface area (Å²) in [6, 6.07) is 5.21. The van der Waals surface area contributed by atoms with E-state index in [1.165, 1.54) is 17.4 Å². The quantitative estimate of drug-likeness (QED) is 0.913. The summed E-state index contributed by atoms with van der Waals surface area (Å²) in [6.45, 7) is 0.946. The van der Waals surface area contributed by atoms with Crippen molar-refractivity contribution in [3.05, 3.63) is 40.4 Å². The molecule has 21 heavy (non-hydrogen) atoms. The highest BCUT2D eigenvalue weighted by atomic mass is 32.1. The minimum Gasteiger partial charge on any atom is -0.378 e. The molecule has 0 unspecified atom stereocenters. The van der Waals surface area contributed by atoms with Gasteiger partial charge in [0.15, 0.2) is 0 Å². The number of benzene rings is 1. The Bertz CT molecular complexity index is 587. The summed E-state index contributed by atoms with van der Waals surface area (Å²) >= 11 is 1.38. The molecule has 1 aromatic carbocycles. The molecule has 1 N–H and O–H groups in total. The second kappa shape index (κ2) is 6.55. The number of thiazole rings is 1. The van der Waals surface area contributed by atoms with Crippen molar-refractivity contribution < 1.29 is 17.9 Å². The van der Waals surface area contributed by atoms with Crippen molar-refractivity contribution in [2.45, 2.75) is 19.3 Å². The van der Waals surface area contributed by atoms with E-state index in [1.54, 1.807) is 20.2 Å². The summed E-state index contributed by atoms with van der Waals surface area (Å²) in [4.78, 5) is 5.36. The maximum atomic E-state index is 12.8. The van der Waals surface area contributed by atoms with E-state index in [-0.39, 0.29) is 0 Å². The van der Waals surface area contributed by atoms with Gasteiger partial charge in [-0.3, -0.25) is 0 Å². The van der Waals surface area contributed by atoms with Crippen molar-refractivity contribution in [1.82, 2.24) is 10.3 Å². The average Bonchev–Trinajstić information content (AvgIpc) is 2.82. The first-order chi connectivity index (χ1) is 9.95. The second-order valence-corrected chi connectivity index (χ2v) is 5.51. The van der Waals surface area contributed by atoms with Crippen LogP contribution in [-0.4, -0.2) is 19.1 Å². The number of rotatable bonds is 5. The number of methoxy groups -OCH3 is 1. The molecular formula is C14H15F3N2OS. The highest BCUT2D eigenvalue weighted by Crippen LogP contribution is 2.34. The number of aromatic nitrogens is 1. The zero-order valence-corrected chi connectivity index (χ0v) is 12.4. The molecule has 114 valence electrons. The van der Waals surface area contributed by atoms with Gasteiger partial charge in [0.1, 0.15) is 5.01 Å². The molecule has 0 saturated heterocycles. The Morgan fingerprint density at radius 1 is 1.33 bits per heavy atom. The van der Waals surface area contributed by atoms with Crippen molar-refractivity contribution in [2.24, 2.45) is 0 Å². The molecule has 3 nitrogen and oxygen atoms in total. The first kappa shape index (κ1) is 15.9. The number of hydrogen-bond acceptors (Lipinski definition) is 4. The van der Waals surface area contributed by atoms with Crippen molar-refractivity contribution in [3.63, 3.8) is 0 Å². The second-order valence-electron chi connectivity index (χ2n) is 4.43. The van der Waals surface area contributed by atoms with E-state index in [1.807, 2.05) is 0 Å². The molecule has 0 amide bonds. The minimum absolute atomic E-state index is 0.340. The first-order valence-electron chi connectivity index (χ1n) is 6.25. The Labute approximate surface area is 124 Å². The Hall–Kier alpha value is -1.44. The van der Waals surface area contributed by atoms with Crippen molar-refractivity contribution >= 4 is 11.3 Å². The van der Waals surface area contributed by atoms with Crippen molar-refractivity contribution in [2.75, 3.05) is 14.2 Å². The van der Waals surface area contributed by atoms with Gasteiger partial charge in [-0.1, -0.05) is 12.1 Å². The molecule has 7 heteroatoms. The largest absolute Gasteiger partial charge is 0.416 e. The SMILES string of the molecule is CNCc1sc(-c2cccc(C(F)(F)F)c2)nc1COC. The highest BCUT2D eigenvalue weighted by Gasteiger charge is 2.30. The van der Waals surface area contributed by atoms with E-state index in [0.717, 1.165) is 22.7 Å². The average molecular weight is 316 g/mol. The lowest BCUT2D eigenvalue weighted by Crippen LogP contribution is -2.06. The molecule has 0 saturated carbocycles. The summed E-state index contributed by atoms with van der Waals surface area (Å²) in [5.74, 6) is 0. The predicted octanol–water partition coefficient (Wildman–Crippen LogP) is 3.69. The molecule has 1 aromatic heterocycles. The Balaban J connectivity index is 2.40. The molecule has 0 aliphatic carbocycles. The van der Waals surface area contributed by atoms with E-state index in [0.29, 0.717) is 23.7 Å². The van der Waals surface area contributed by atoms with E-state index in [4.69, 9.17) is 4.74 Å². The highest BCUT2D eigenvalue weighted by molar-refractivity contribution is 7.15. The van der Waals surface area contributed by atoms with E-state index in [9.17, 15) is 13.2 Å². The van der Waals surface area contributed by atoms with Gasteiger partial charge >= 0.3 is 6.18 Å². The van der Waals surface area contributed by atoms with Crippen molar-refractivity contribution in [1.29, 1.82) is 0 Å². The Morgan fingerprint density at radius 2 is 2.10 bits per heavy atom. The van der Waals surface area contributed by atoms with E-state index < -0.39 is 11.7 Å². The summed E-state index contributed by atoms with van der Waals surface area (Å²) in [6.07, 6.45) is -4.35. The van der Waals surface area contributed by atoms with Crippen LogP contribution in [0.25, 0.3) is 10.6 Å². The van der Waals surface area contributed by atoms with Gasteiger partial charge in [-0.2, -0.15) is 13.2 Å². The molecule has 0 aliphatic heterocycles. The summed E-state index contributed by atoms with van der Waals surface area (Å²) in [5, 5.41) is 3.59. The minimum atomic E-state index is -4.35. The Kier molecular flexibility index (Phi) is 4.97. The first-order valence-corrected chi connectivity index (χ1v) is 7.07. The smallest absolute Gasteiger partial charge is 0.378 e. The predicted molar refractivity (Wildman–Crippen MR) is 76.0 cm³/mol. The number of hydrogen-bond donors (Lipinski definition) is 1. The van der Waals surface area contributed by atoms with Crippen LogP contribution in [-0.2, 0) is 24.1 Å². The molecular weight excluding hydrogens is 301 g/mol. The molecule has 2 aromatic rings. The third-order valence-corrected chi connectivity index (χ3v) is 3.98. The topological polar surface area (TPSA) is 34.2 Å². The zero-order chi connectivity index (χ0) is 15.5. The van der Waals surface area contributed by atoms with Gasteiger partial charge < -0.3 is 10.1 Å². The van der Waals surface area contributed by atoms with Crippen LogP contribution in [0.1, 0.15) is 16.1 Å². The molecule has 0 bridgehead atoms. The lowest BCUT2D eigenvalue weighted by Gasteiger charge is -2.07. The van der Waals surface area contributed by atoms with Gasteiger partial charge in [0.2, 0.25) is 0 Å². The van der Waals surface area contributed by atoms with Crippen LogP contribution in [0.3, 0.4) is 0 Å². The molecule has 1 heterocycles. The molecule has 0 spiro atoms. The molecule has 0 aliphatic rings. The number of nitrogens with one attached hydrogen (secondary N) is 1. The van der Waals surface area contributed by atoms with Gasteiger partial charge in [-0.25, -0.2) is 4.98 Å². The van der Waals surface area contributed by atoms with Crippen LogP contribution in [0.5, 0.6) is 0 Å². The Morgan fingerprint density at radius 3 is 2.71 bits per heavy atom. The number of nitrogens with zero attached hydrogens (tertiary/aromatic N) is 1. The number of ether oxygens (including phenoxy) is 1. The summed E-state index contributed by atoms with van der Waals surface area (Å²) < 4.78 is 43.4. The van der Waals surface area contributed by atoms with Gasteiger partial charge in [-0.15, -0.1) is 11.3 Å². The van der Waals surface area contributed by atoms with Gasteiger partial charge in [0, 0.05) is 24.1 Å². The van der Waals surface area contributed by atoms with Gasteiger partial charge in [0.05, 0.1) is 17.9 Å². The van der Waals surface area contributed by atoms with E-state index in [2.05, 4.69) is 10.3 Å². The molecule has 2 rings (SSSR count). The fourth-order valence-corrected chi connectivity index (χ4v) is 2.96.